The van der Waals surface area contributed by atoms with Crippen LogP contribution in [0, 0.1) is 11.7 Å². The van der Waals surface area contributed by atoms with E-state index >= 15 is 0 Å². The lowest BCUT2D eigenvalue weighted by Crippen LogP contribution is -2.29. The Balaban J connectivity index is 1.46. The molecule has 2 aliphatic rings. The molecular weight excluding hydrogens is 219 g/mol. The van der Waals surface area contributed by atoms with Crippen LogP contribution in [0.15, 0.2) is 18.5 Å². The lowest BCUT2D eigenvalue weighted by Gasteiger charge is -2.18. The van der Waals surface area contributed by atoms with Crippen molar-refractivity contribution in [3.63, 3.8) is 0 Å². The molecule has 2 fully saturated rings. The predicted octanol–water partition coefficient (Wildman–Crippen LogP) is 1.88. The van der Waals surface area contributed by atoms with Crippen LogP contribution in [0.4, 0.5) is 4.39 Å². The predicted molar refractivity (Wildman–Crippen MR) is 61.9 cm³/mol. The van der Waals surface area contributed by atoms with Crippen molar-refractivity contribution in [2.45, 2.75) is 38.0 Å². The van der Waals surface area contributed by atoms with Gasteiger partial charge in [0.2, 0.25) is 0 Å². The molecule has 4 heteroatoms. The lowest BCUT2D eigenvalue weighted by atomic mass is 9.89. The molecule has 3 nitrogen and oxygen atoms in total. The minimum absolute atomic E-state index is 0.271. The Morgan fingerprint density at radius 1 is 1.41 bits per heavy atom. The van der Waals surface area contributed by atoms with Gasteiger partial charge in [-0.05, 0) is 30.9 Å². The zero-order valence-corrected chi connectivity index (χ0v) is 9.73. The summed E-state index contributed by atoms with van der Waals surface area (Å²) in [6, 6.07) is 1.53. The first kappa shape index (κ1) is 11.1. The van der Waals surface area contributed by atoms with Gasteiger partial charge in [-0.15, -0.1) is 0 Å². The van der Waals surface area contributed by atoms with Crippen LogP contribution in [-0.4, -0.2) is 23.7 Å². The van der Waals surface area contributed by atoms with Gasteiger partial charge in [-0.3, -0.25) is 4.98 Å². The number of hydrogen-bond acceptors (Lipinski definition) is 3. The second kappa shape index (κ2) is 4.70. The summed E-state index contributed by atoms with van der Waals surface area (Å²) in [5, 5.41) is 3.37. The zero-order valence-electron chi connectivity index (χ0n) is 9.73. The molecule has 0 amide bonds. The summed E-state index contributed by atoms with van der Waals surface area (Å²) < 4.78 is 18.7. The number of halogens is 1. The van der Waals surface area contributed by atoms with E-state index in [2.05, 4.69) is 10.3 Å². The van der Waals surface area contributed by atoms with Gasteiger partial charge in [0.25, 0.3) is 0 Å². The van der Waals surface area contributed by atoms with Gasteiger partial charge in [0.15, 0.2) is 0 Å². The molecule has 2 bridgehead atoms. The fraction of sp³-hybridized carbons (Fsp3) is 0.615. The van der Waals surface area contributed by atoms with Crippen LogP contribution >= 0.6 is 0 Å². The summed E-state index contributed by atoms with van der Waals surface area (Å²) in [5.74, 6) is 0.364. The Labute approximate surface area is 100 Å². The number of rotatable bonds is 4. The van der Waals surface area contributed by atoms with Crippen LogP contribution in [0.2, 0.25) is 0 Å². The number of ether oxygens (including phenoxy) is 1. The Kier molecular flexibility index (Phi) is 3.07. The third-order valence-corrected chi connectivity index (χ3v) is 3.73. The highest BCUT2D eigenvalue weighted by Gasteiger charge is 2.40. The second-order valence-electron chi connectivity index (χ2n) is 5.01. The monoisotopic (exact) mass is 236 g/mol. The smallest absolute Gasteiger partial charge is 0.141 e. The standard InChI is InChI=1S/C13H17FN2O/c14-11-3-9(6-16-8-11)5-15-7-10-4-12-1-2-13(10)17-12/h3,6,8,10,12-13,15H,1-2,4-5,7H2. The molecule has 1 N–H and O–H groups in total. The van der Waals surface area contributed by atoms with Crippen molar-refractivity contribution in [2.24, 2.45) is 5.92 Å². The highest BCUT2D eigenvalue weighted by Crippen LogP contribution is 2.38. The summed E-state index contributed by atoms with van der Waals surface area (Å²) in [6.07, 6.45) is 7.51. The molecule has 92 valence electrons. The molecule has 3 atom stereocenters. The first-order chi connectivity index (χ1) is 8.31. The Morgan fingerprint density at radius 2 is 2.35 bits per heavy atom. The first-order valence-electron chi connectivity index (χ1n) is 6.27. The maximum Gasteiger partial charge on any atom is 0.141 e. The molecule has 17 heavy (non-hydrogen) atoms. The number of nitrogens with one attached hydrogen (secondary N) is 1. The van der Waals surface area contributed by atoms with Gasteiger partial charge in [-0.2, -0.15) is 0 Å². The van der Waals surface area contributed by atoms with E-state index in [-0.39, 0.29) is 5.82 Å². The molecule has 1 aromatic heterocycles. The Morgan fingerprint density at radius 3 is 3.06 bits per heavy atom. The van der Waals surface area contributed by atoms with Crippen molar-refractivity contribution in [1.29, 1.82) is 0 Å². The minimum Gasteiger partial charge on any atom is -0.375 e. The normalized spacial score (nSPS) is 31.0. The molecule has 0 saturated carbocycles. The Hall–Kier alpha value is -1.00. The zero-order chi connectivity index (χ0) is 11.7. The molecule has 3 rings (SSSR count). The van der Waals surface area contributed by atoms with Crippen molar-refractivity contribution in [3.05, 3.63) is 29.8 Å². The van der Waals surface area contributed by atoms with Gasteiger partial charge in [0, 0.05) is 25.2 Å². The van der Waals surface area contributed by atoms with Crippen molar-refractivity contribution in [1.82, 2.24) is 10.3 Å². The molecule has 0 spiro atoms. The molecule has 0 aromatic carbocycles. The Bertz CT molecular complexity index is 399. The summed E-state index contributed by atoms with van der Waals surface area (Å²) in [6.45, 7) is 1.64. The number of aromatic nitrogens is 1. The number of nitrogens with zero attached hydrogens (tertiary/aromatic N) is 1. The summed E-state index contributed by atoms with van der Waals surface area (Å²) in [4.78, 5) is 3.83. The summed E-state index contributed by atoms with van der Waals surface area (Å²) >= 11 is 0. The number of fused-ring (bicyclic) bond motifs is 2. The van der Waals surface area contributed by atoms with Gasteiger partial charge in [0.1, 0.15) is 5.82 Å². The molecule has 3 unspecified atom stereocenters. The molecule has 1 aromatic rings. The van der Waals surface area contributed by atoms with E-state index in [0.29, 0.717) is 24.7 Å². The van der Waals surface area contributed by atoms with E-state index in [0.717, 1.165) is 12.1 Å². The third kappa shape index (κ3) is 2.48. The van der Waals surface area contributed by atoms with E-state index in [4.69, 9.17) is 4.74 Å². The minimum atomic E-state index is -0.271. The van der Waals surface area contributed by atoms with E-state index in [9.17, 15) is 4.39 Å². The highest BCUT2D eigenvalue weighted by atomic mass is 19.1. The molecule has 3 heterocycles. The van der Waals surface area contributed by atoms with Crippen LogP contribution < -0.4 is 5.32 Å². The van der Waals surface area contributed by atoms with Gasteiger partial charge >= 0.3 is 0 Å². The van der Waals surface area contributed by atoms with Crippen molar-refractivity contribution >= 4 is 0 Å². The largest absolute Gasteiger partial charge is 0.375 e. The quantitative estimate of drug-likeness (QED) is 0.866. The fourth-order valence-electron chi connectivity index (χ4n) is 2.91. The maximum atomic E-state index is 12.9. The molecule has 2 saturated heterocycles. The molecule has 0 aliphatic carbocycles. The summed E-state index contributed by atoms with van der Waals surface area (Å²) in [7, 11) is 0. The van der Waals surface area contributed by atoms with Gasteiger partial charge in [0.05, 0.1) is 18.4 Å². The number of pyridine rings is 1. The first-order valence-corrected chi connectivity index (χ1v) is 6.27. The van der Waals surface area contributed by atoms with E-state index in [1.165, 1.54) is 31.5 Å². The molecule has 0 radical (unpaired) electrons. The fourth-order valence-corrected chi connectivity index (χ4v) is 2.91. The average molecular weight is 236 g/mol. The van der Waals surface area contributed by atoms with Gasteiger partial charge in [-0.1, -0.05) is 0 Å². The SMILES string of the molecule is Fc1cncc(CNCC2CC3CCC2O3)c1. The third-order valence-electron chi connectivity index (χ3n) is 3.73. The van der Waals surface area contributed by atoms with Crippen LogP contribution in [-0.2, 0) is 11.3 Å². The number of hydrogen-bond donors (Lipinski definition) is 1. The molecular formula is C13H17FN2O. The van der Waals surface area contributed by atoms with E-state index < -0.39 is 0 Å². The van der Waals surface area contributed by atoms with Crippen LogP contribution in [0.25, 0.3) is 0 Å². The maximum absolute atomic E-state index is 12.9. The van der Waals surface area contributed by atoms with Crippen molar-refractivity contribution in [3.8, 4) is 0 Å². The van der Waals surface area contributed by atoms with Crippen LogP contribution in [0.5, 0.6) is 0 Å². The summed E-state index contributed by atoms with van der Waals surface area (Å²) in [5.41, 5.74) is 0.897. The van der Waals surface area contributed by atoms with Crippen LogP contribution in [0.1, 0.15) is 24.8 Å². The average Bonchev–Trinajstić information content (AvgIpc) is 2.91. The van der Waals surface area contributed by atoms with E-state index in [1.54, 1.807) is 6.20 Å². The van der Waals surface area contributed by atoms with Gasteiger partial charge in [-0.25, -0.2) is 4.39 Å². The van der Waals surface area contributed by atoms with Crippen LogP contribution in [0.3, 0.4) is 0 Å². The lowest BCUT2D eigenvalue weighted by molar-refractivity contribution is 0.0924. The highest BCUT2D eigenvalue weighted by molar-refractivity contribution is 5.09. The van der Waals surface area contributed by atoms with E-state index in [1.807, 2.05) is 0 Å². The van der Waals surface area contributed by atoms with Crippen molar-refractivity contribution in [2.75, 3.05) is 6.54 Å². The van der Waals surface area contributed by atoms with Crippen molar-refractivity contribution < 1.29 is 9.13 Å². The van der Waals surface area contributed by atoms with Gasteiger partial charge < -0.3 is 10.1 Å². The second-order valence-corrected chi connectivity index (χ2v) is 5.01. The topological polar surface area (TPSA) is 34.2 Å². The molecule has 2 aliphatic heterocycles.